The van der Waals surface area contributed by atoms with Crippen LogP contribution in [0.4, 0.5) is 0 Å². The molecule has 4 heteroatoms. The van der Waals surface area contributed by atoms with Crippen LogP contribution in [0.25, 0.3) is 12.2 Å². The maximum absolute atomic E-state index is 11.7. The maximum atomic E-state index is 11.7. The van der Waals surface area contributed by atoms with Gasteiger partial charge in [-0.2, -0.15) is 0 Å². The number of hydrogen-bond donors (Lipinski definition) is 0. The van der Waals surface area contributed by atoms with Gasteiger partial charge in [-0.3, -0.25) is 4.98 Å². The lowest BCUT2D eigenvalue weighted by atomic mass is 10.2. The summed E-state index contributed by atoms with van der Waals surface area (Å²) in [7, 11) is 0. The largest absolute Gasteiger partial charge is 0.403 e. The minimum Gasteiger partial charge on any atom is -0.403 e. The van der Waals surface area contributed by atoms with Crippen LogP contribution in [0.3, 0.4) is 0 Å². The number of nitrogens with zero attached hydrogens (tertiary/aromatic N) is 2. The molecule has 0 radical (unpaired) electrons. The lowest BCUT2D eigenvalue weighted by Crippen LogP contribution is -2.01. The van der Waals surface area contributed by atoms with E-state index >= 15 is 0 Å². The van der Waals surface area contributed by atoms with E-state index in [0.29, 0.717) is 5.90 Å². The number of hydrogen-bond acceptors (Lipinski definition) is 4. The number of cyclic esters (lactones) is 1. The summed E-state index contributed by atoms with van der Waals surface area (Å²) in [5.74, 6) is -0.162. The van der Waals surface area contributed by atoms with Gasteiger partial charge in [0.15, 0.2) is 5.70 Å². The Labute approximate surface area is 122 Å². The third-order valence-electron chi connectivity index (χ3n) is 2.84. The highest BCUT2D eigenvalue weighted by Crippen LogP contribution is 2.16. The van der Waals surface area contributed by atoms with Gasteiger partial charge in [0.1, 0.15) is 0 Å². The zero-order chi connectivity index (χ0) is 14.5. The lowest BCUT2D eigenvalue weighted by Gasteiger charge is -1.92. The summed E-state index contributed by atoms with van der Waals surface area (Å²) in [5, 5.41) is 0. The Bertz CT molecular complexity index is 732. The van der Waals surface area contributed by atoms with Crippen molar-refractivity contribution in [2.45, 2.75) is 0 Å². The van der Waals surface area contributed by atoms with Crippen molar-refractivity contribution < 1.29 is 9.53 Å². The Morgan fingerprint density at radius 3 is 2.52 bits per heavy atom. The molecule has 0 fully saturated rings. The van der Waals surface area contributed by atoms with E-state index in [4.69, 9.17) is 4.74 Å². The van der Waals surface area contributed by atoms with Gasteiger partial charge in [-0.15, -0.1) is 0 Å². The number of aromatic nitrogens is 1. The fourth-order valence-corrected chi connectivity index (χ4v) is 1.85. The van der Waals surface area contributed by atoms with Gasteiger partial charge >= 0.3 is 5.97 Å². The quantitative estimate of drug-likeness (QED) is 0.639. The summed E-state index contributed by atoms with van der Waals surface area (Å²) in [4.78, 5) is 19.9. The van der Waals surface area contributed by atoms with Crippen LogP contribution in [0.1, 0.15) is 11.1 Å². The van der Waals surface area contributed by atoms with Crippen molar-refractivity contribution in [1.82, 2.24) is 4.98 Å². The molecule has 2 heterocycles. The molecule has 1 aromatic heterocycles. The summed E-state index contributed by atoms with van der Waals surface area (Å²) in [6.07, 6.45) is 8.51. The predicted octanol–water partition coefficient (Wildman–Crippen LogP) is 3.09. The number of pyridine rings is 1. The van der Waals surface area contributed by atoms with Crippen LogP contribution in [0.2, 0.25) is 0 Å². The first kappa shape index (κ1) is 13.0. The second-order valence-corrected chi connectivity index (χ2v) is 4.40. The van der Waals surface area contributed by atoms with E-state index in [1.165, 1.54) is 0 Å². The monoisotopic (exact) mass is 276 g/mol. The van der Waals surface area contributed by atoms with E-state index < -0.39 is 5.97 Å². The molecule has 0 N–H and O–H groups in total. The molecular weight excluding hydrogens is 264 g/mol. The minimum atomic E-state index is -0.452. The van der Waals surface area contributed by atoms with Crippen LogP contribution in [-0.4, -0.2) is 16.9 Å². The highest BCUT2D eigenvalue weighted by molar-refractivity contribution is 6.11. The summed E-state index contributed by atoms with van der Waals surface area (Å²) in [5.41, 5.74) is 2.10. The molecule has 0 saturated heterocycles. The van der Waals surface area contributed by atoms with Gasteiger partial charge in [-0.25, -0.2) is 9.79 Å². The number of rotatable bonds is 3. The standard InChI is InChI=1S/C17H12N2O2/c20-17-15(11-14-7-4-10-18-12-14)19-16(21-17)9-8-13-5-2-1-3-6-13/h1-12H/b9-8-,15-11-. The zero-order valence-electron chi connectivity index (χ0n) is 11.1. The van der Waals surface area contributed by atoms with E-state index in [0.717, 1.165) is 11.1 Å². The molecule has 21 heavy (non-hydrogen) atoms. The van der Waals surface area contributed by atoms with Gasteiger partial charge in [-0.1, -0.05) is 36.4 Å². The summed E-state index contributed by atoms with van der Waals surface area (Å²) < 4.78 is 5.10. The fraction of sp³-hybridized carbons (Fsp3) is 0. The van der Waals surface area contributed by atoms with Crippen molar-refractivity contribution in [3.05, 3.63) is 77.8 Å². The Balaban J connectivity index is 1.80. The number of ether oxygens (including phenoxy) is 1. The highest BCUT2D eigenvalue weighted by atomic mass is 16.6. The Hall–Kier alpha value is -3.01. The van der Waals surface area contributed by atoms with Gasteiger partial charge < -0.3 is 4.74 Å². The summed E-state index contributed by atoms with van der Waals surface area (Å²) in [6.45, 7) is 0. The molecule has 1 aliphatic heterocycles. The number of aliphatic imine (C=N–C) groups is 1. The minimum absolute atomic E-state index is 0.274. The fourth-order valence-electron chi connectivity index (χ4n) is 1.85. The Morgan fingerprint density at radius 2 is 1.76 bits per heavy atom. The van der Waals surface area contributed by atoms with Crippen LogP contribution in [0.5, 0.6) is 0 Å². The van der Waals surface area contributed by atoms with Crippen LogP contribution < -0.4 is 0 Å². The van der Waals surface area contributed by atoms with Crippen molar-refractivity contribution in [2.24, 2.45) is 4.99 Å². The highest BCUT2D eigenvalue weighted by Gasteiger charge is 2.20. The average molecular weight is 276 g/mol. The molecule has 0 saturated carbocycles. The van der Waals surface area contributed by atoms with Crippen molar-refractivity contribution in [2.75, 3.05) is 0 Å². The van der Waals surface area contributed by atoms with Crippen molar-refractivity contribution >= 4 is 24.0 Å². The van der Waals surface area contributed by atoms with Gasteiger partial charge in [0.25, 0.3) is 0 Å². The van der Waals surface area contributed by atoms with E-state index in [1.54, 1.807) is 30.6 Å². The lowest BCUT2D eigenvalue weighted by molar-refractivity contribution is -0.129. The smallest absolute Gasteiger partial charge is 0.363 e. The van der Waals surface area contributed by atoms with Gasteiger partial charge in [0.05, 0.1) is 0 Å². The molecule has 0 atom stereocenters. The van der Waals surface area contributed by atoms with Gasteiger partial charge in [0, 0.05) is 18.5 Å². The van der Waals surface area contributed by atoms with Crippen LogP contribution in [0, 0.1) is 0 Å². The maximum Gasteiger partial charge on any atom is 0.363 e. The number of carbonyl (C=O) groups excluding carboxylic acids is 1. The van der Waals surface area contributed by atoms with E-state index in [-0.39, 0.29) is 5.70 Å². The molecular formula is C17H12N2O2. The third kappa shape index (κ3) is 3.30. The molecule has 102 valence electrons. The average Bonchev–Trinajstić information content (AvgIpc) is 2.87. The van der Waals surface area contributed by atoms with Crippen LogP contribution >= 0.6 is 0 Å². The van der Waals surface area contributed by atoms with E-state index in [9.17, 15) is 4.79 Å². The normalized spacial score (nSPS) is 16.3. The topological polar surface area (TPSA) is 51.5 Å². The molecule has 0 amide bonds. The third-order valence-corrected chi connectivity index (χ3v) is 2.84. The first-order chi connectivity index (χ1) is 10.3. The number of carbonyl (C=O) groups is 1. The number of esters is 1. The molecule has 2 aromatic rings. The molecule has 4 nitrogen and oxygen atoms in total. The molecule has 0 unspecified atom stereocenters. The van der Waals surface area contributed by atoms with Crippen molar-refractivity contribution in [3.8, 4) is 0 Å². The van der Waals surface area contributed by atoms with Crippen molar-refractivity contribution in [3.63, 3.8) is 0 Å². The molecule has 1 aromatic carbocycles. The zero-order valence-corrected chi connectivity index (χ0v) is 11.1. The van der Waals surface area contributed by atoms with Crippen molar-refractivity contribution in [1.29, 1.82) is 0 Å². The van der Waals surface area contributed by atoms with E-state index in [2.05, 4.69) is 9.98 Å². The van der Waals surface area contributed by atoms with Crippen LogP contribution in [0.15, 0.2) is 71.6 Å². The summed E-state index contributed by atoms with van der Waals surface area (Å²) in [6, 6.07) is 13.4. The Morgan fingerprint density at radius 1 is 0.952 bits per heavy atom. The van der Waals surface area contributed by atoms with Gasteiger partial charge in [0.2, 0.25) is 5.90 Å². The second-order valence-electron chi connectivity index (χ2n) is 4.40. The second kappa shape index (κ2) is 5.96. The first-order valence-corrected chi connectivity index (χ1v) is 6.47. The SMILES string of the molecule is O=C1OC(/C=C\c2ccccc2)=NC/1=C\c1cccnc1. The molecule has 0 bridgehead atoms. The molecule has 0 spiro atoms. The Kier molecular flexibility index (Phi) is 3.69. The molecule has 3 rings (SSSR count). The molecule has 1 aliphatic rings. The predicted molar refractivity (Wildman–Crippen MR) is 81.2 cm³/mol. The van der Waals surface area contributed by atoms with Gasteiger partial charge in [-0.05, 0) is 29.3 Å². The van der Waals surface area contributed by atoms with E-state index in [1.807, 2.05) is 42.5 Å². The summed E-state index contributed by atoms with van der Waals surface area (Å²) >= 11 is 0. The molecule has 0 aliphatic carbocycles. The van der Waals surface area contributed by atoms with Crippen LogP contribution in [-0.2, 0) is 9.53 Å². The number of benzene rings is 1. The first-order valence-electron chi connectivity index (χ1n) is 6.47.